The zero-order chi connectivity index (χ0) is 9.42. The van der Waals surface area contributed by atoms with E-state index in [0.29, 0.717) is 5.69 Å². The number of ketones is 1. The van der Waals surface area contributed by atoms with Crippen LogP contribution in [0.15, 0.2) is 5.38 Å². The van der Waals surface area contributed by atoms with Crippen LogP contribution in [0.1, 0.15) is 41.3 Å². The summed E-state index contributed by atoms with van der Waals surface area (Å²) >= 11 is 1.47. The number of thiazole rings is 1. The lowest BCUT2D eigenvalue weighted by Gasteiger charge is -1.96. The lowest BCUT2D eigenvalue weighted by Crippen LogP contribution is -2.06. The molecule has 1 unspecified atom stereocenters. The van der Waals surface area contributed by atoms with Crippen molar-refractivity contribution in [3.8, 4) is 0 Å². The van der Waals surface area contributed by atoms with Crippen molar-refractivity contribution in [1.82, 2.24) is 4.98 Å². The molecule has 2 rings (SSSR count). The van der Waals surface area contributed by atoms with E-state index in [2.05, 4.69) is 4.98 Å². The smallest absolute Gasteiger partial charge is 0.185 e. The van der Waals surface area contributed by atoms with Crippen LogP contribution >= 0.6 is 11.3 Å². The second-order valence-electron chi connectivity index (χ2n) is 3.50. The van der Waals surface area contributed by atoms with E-state index < -0.39 is 0 Å². The van der Waals surface area contributed by atoms with E-state index in [4.69, 9.17) is 5.73 Å². The van der Waals surface area contributed by atoms with Gasteiger partial charge in [-0.3, -0.25) is 4.79 Å². The minimum atomic E-state index is -0.0641. The number of aromatic nitrogens is 1. The molecule has 0 aliphatic heterocycles. The molecule has 1 aliphatic carbocycles. The van der Waals surface area contributed by atoms with Crippen LogP contribution in [0.5, 0.6) is 0 Å². The Hall–Kier alpha value is -0.740. The quantitative estimate of drug-likeness (QED) is 0.749. The van der Waals surface area contributed by atoms with Crippen molar-refractivity contribution in [1.29, 1.82) is 0 Å². The molecule has 70 valence electrons. The van der Waals surface area contributed by atoms with E-state index >= 15 is 0 Å². The maximum atomic E-state index is 11.5. The predicted octanol–water partition coefficient (Wildman–Crippen LogP) is 1.76. The molecular formula is C9H12N2OS. The normalized spacial score (nSPS) is 18.6. The third-order valence-corrected chi connectivity index (χ3v) is 3.16. The van der Waals surface area contributed by atoms with Gasteiger partial charge in [-0.1, -0.05) is 0 Å². The van der Waals surface area contributed by atoms with Gasteiger partial charge in [-0.25, -0.2) is 4.98 Å². The third-order valence-electron chi connectivity index (χ3n) is 2.11. The Kier molecular flexibility index (Phi) is 2.17. The molecule has 0 amide bonds. The number of carbonyl (C=O) groups is 1. The number of nitrogens with two attached hydrogens (primary N) is 1. The van der Waals surface area contributed by atoms with Crippen LogP contribution in [0, 0.1) is 5.92 Å². The van der Waals surface area contributed by atoms with Gasteiger partial charge in [0.25, 0.3) is 0 Å². The van der Waals surface area contributed by atoms with E-state index in [1.165, 1.54) is 11.3 Å². The molecule has 1 aromatic heterocycles. The SMILES string of the molecule is CC(N)c1nc(C(=O)C2CC2)cs1. The van der Waals surface area contributed by atoms with Gasteiger partial charge in [-0.2, -0.15) is 0 Å². The molecule has 1 heterocycles. The lowest BCUT2D eigenvalue weighted by molar-refractivity contribution is 0.0963. The van der Waals surface area contributed by atoms with E-state index in [-0.39, 0.29) is 17.7 Å². The zero-order valence-corrected chi connectivity index (χ0v) is 8.30. The summed E-state index contributed by atoms with van der Waals surface area (Å²) in [6, 6.07) is -0.0641. The molecule has 1 fully saturated rings. The highest BCUT2D eigenvalue weighted by molar-refractivity contribution is 7.09. The number of Topliss-reactive ketones (excluding diaryl/α,β-unsaturated/α-hetero) is 1. The van der Waals surface area contributed by atoms with Gasteiger partial charge in [0.15, 0.2) is 5.78 Å². The second-order valence-corrected chi connectivity index (χ2v) is 4.39. The van der Waals surface area contributed by atoms with Gasteiger partial charge in [0.05, 0.1) is 6.04 Å². The van der Waals surface area contributed by atoms with Crippen molar-refractivity contribution in [3.05, 3.63) is 16.1 Å². The maximum Gasteiger partial charge on any atom is 0.185 e. The van der Waals surface area contributed by atoms with Gasteiger partial charge in [-0.05, 0) is 19.8 Å². The van der Waals surface area contributed by atoms with Crippen molar-refractivity contribution in [2.45, 2.75) is 25.8 Å². The summed E-state index contributed by atoms with van der Waals surface area (Å²) in [6.45, 7) is 1.88. The Morgan fingerprint density at radius 3 is 2.92 bits per heavy atom. The minimum absolute atomic E-state index is 0.0641. The Morgan fingerprint density at radius 2 is 2.46 bits per heavy atom. The van der Waals surface area contributed by atoms with Crippen LogP contribution in [-0.2, 0) is 0 Å². The first kappa shape index (κ1) is 8.84. The van der Waals surface area contributed by atoms with Crippen LogP contribution < -0.4 is 5.73 Å². The summed E-state index contributed by atoms with van der Waals surface area (Å²) in [4.78, 5) is 15.8. The van der Waals surface area contributed by atoms with Gasteiger partial charge in [0.2, 0.25) is 0 Å². The monoisotopic (exact) mass is 196 g/mol. The van der Waals surface area contributed by atoms with Crippen molar-refractivity contribution in [2.24, 2.45) is 11.7 Å². The molecule has 0 radical (unpaired) electrons. The molecule has 0 bridgehead atoms. The molecule has 1 aliphatic rings. The first-order valence-corrected chi connectivity index (χ1v) is 5.31. The molecule has 13 heavy (non-hydrogen) atoms. The largest absolute Gasteiger partial charge is 0.322 e. The topological polar surface area (TPSA) is 56.0 Å². The summed E-state index contributed by atoms with van der Waals surface area (Å²) in [6.07, 6.45) is 2.06. The Morgan fingerprint density at radius 1 is 1.77 bits per heavy atom. The van der Waals surface area contributed by atoms with Gasteiger partial charge < -0.3 is 5.73 Å². The highest BCUT2D eigenvalue weighted by Gasteiger charge is 2.31. The zero-order valence-electron chi connectivity index (χ0n) is 7.49. The van der Waals surface area contributed by atoms with E-state index in [1.54, 1.807) is 0 Å². The number of hydrogen-bond donors (Lipinski definition) is 1. The summed E-state index contributed by atoms with van der Waals surface area (Å²) in [5.74, 6) is 0.450. The van der Waals surface area contributed by atoms with Crippen molar-refractivity contribution >= 4 is 17.1 Å². The number of carbonyl (C=O) groups excluding carboxylic acids is 1. The first-order valence-electron chi connectivity index (χ1n) is 4.43. The van der Waals surface area contributed by atoms with Crippen molar-refractivity contribution in [3.63, 3.8) is 0 Å². The molecule has 0 spiro atoms. The van der Waals surface area contributed by atoms with E-state index in [9.17, 15) is 4.79 Å². The van der Waals surface area contributed by atoms with Crippen molar-refractivity contribution < 1.29 is 4.79 Å². The van der Waals surface area contributed by atoms with E-state index in [0.717, 1.165) is 17.8 Å². The maximum absolute atomic E-state index is 11.5. The average Bonchev–Trinajstić information content (AvgIpc) is 2.81. The predicted molar refractivity (Wildman–Crippen MR) is 51.8 cm³/mol. The molecule has 4 heteroatoms. The van der Waals surface area contributed by atoms with Gasteiger partial charge in [-0.15, -0.1) is 11.3 Å². The minimum Gasteiger partial charge on any atom is -0.322 e. The van der Waals surface area contributed by atoms with E-state index in [1.807, 2.05) is 12.3 Å². The Bertz CT molecular complexity index is 328. The van der Waals surface area contributed by atoms with Crippen LogP contribution in [0.4, 0.5) is 0 Å². The average molecular weight is 196 g/mol. The third kappa shape index (κ3) is 1.78. The standard InChI is InChI=1S/C9H12N2OS/c1-5(10)9-11-7(4-13-9)8(12)6-2-3-6/h4-6H,2-3,10H2,1H3. The molecule has 0 saturated heterocycles. The Labute approximate surface area is 81.0 Å². The molecule has 1 aromatic rings. The molecule has 1 atom stereocenters. The van der Waals surface area contributed by atoms with Crippen LogP contribution in [0.3, 0.4) is 0 Å². The number of hydrogen-bond acceptors (Lipinski definition) is 4. The summed E-state index contributed by atoms with van der Waals surface area (Å²) in [5, 5.41) is 2.67. The number of rotatable bonds is 3. The van der Waals surface area contributed by atoms with Gasteiger partial charge in [0, 0.05) is 11.3 Å². The molecule has 3 nitrogen and oxygen atoms in total. The van der Waals surface area contributed by atoms with Crippen molar-refractivity contribution in [2.75, 3.05) is 0 Å². The summed E-state index contributed by atoms with van der Waals surface area (Å²) in [7, 11) is 0. The molecule has 2 N–H and O–H groups in total. The molecular weight excluding hydrogens is 184 g/mol. The highest BCUT2D eigenvalue weighted by Crippen LogP contribution is 2.33. The van der Waals surface area contributed by atoms with Crippen LogP contribution in [0.25, 0.3) is 0 Å². The van der Waals surface area contributed by atoms with Crippen LogP contribution in [-0.4, -0.2) is 10.8 Å². The van der Waals surface area contributed by atoms with Gasteiger partial charge >= 0.3 is 0 Å². The Balaban J connectivity index is 2.16. The summed E-state index contributed by atoms with van der Waals surface area (Å²) in [5.41, 5.74) is 6.27. The second kappa shape index (κ2) is 3.20. The lowest BCUT2D eigenvalue weighted by atomic mass is 10.2. The molecule has 1 saturated carbocycles. The van der Waals surface area contributed by atoms with Crippen LogP contribution in [0.2, 0.25) is 0 Å². The fourth-order valence-corrected chi connectivity index (χ4v) is 1.93. The van der Waals surface area contributed by atoms with Gasteiger partial charge in [0.1, 0.15) is 10.7 Å². The fourth-order valence-electron chi connectivity index (χ4n) is 1.16. The summed E-state index contributed by atoms with van der Waals surface area (Å²) < 4.78 is 0. The molecule has 0 aromatic carbocycles. The number of nitrogens with zero attached hydrogens (tertiary/aromatic N) is 1. The fraction of sp³-hybridized carbons (Fsp3) is 0.556. The first-order chi connectivity index (χ1) is 6.18. The highest BCUT2D eigenvalue weighted by atomic mass is 32.1.